The molecule has 2 heteroatoms. The van der Waals surface area contributed by atoms with Gasteiger partial charge in [-0.25, -0.2) is 4.39 Å². The summed E-state index contributed by atoms with van der Waals surface area (Å²) in [7, 11) is 0. The van der Waals surface area contributed by atoms with Gasteiger partial charge in [0.05, 0.1) is 11.6 Å². The van der Waals surface area contributed by atoms with Gasteiger partial charge in [-0.2, -0.15) is 5.26 Å². The Labute approximate surface area is 84.2 Å². The first kappa shape index (κ1) is 10.7. The van der Waals surface area contributed by atoms with Gasteiger partial charge in [-0.1, -0.05) is 25.5 Å². The third-order valence-corrected chi connectivity index (χ3v) is 2.34. The summed E-state index contributed by atoms with van der Waals surface area (Å²) in [5, 5.41) is 8.59. The Morgan fingerprint density at radius 1 is 1.36 bits per heavy atom. The Morgan fingerprint density at radius 3 is 2.36 bits per heavy atom. The molecule has 0 N–H and O–H groups in total. The minimum absolute atomic E-state index is 0.513. The van der Waals surface area contributed by atoms with Crippen molar-refractivity contribution in [1.29, 1.82) is 5.26 Å². The zero-order valence-electron chi connectivity index (χ0n) is 8.55. The molecule has 0 saturated heterocycles. The standard InChI is InChI=1S/C12H14FN/c1-3-8-12(2,13)11-6-4-10(9-14)5-7-11/h4-7H,3,8H2,1-2H3. The SMILES string of the molecule is CCCC(C)(F)c1ccc(C#N)cc1. The molecule has 0 spiro atoms. The second-order valence-electron chi connectivity index (χ2n) is 3.64. The molecule has 14 heavy (non-hydrogen) atoms. The van der Waals surface area contributed by atoms with Gasteiger partial charge >= 0.3 is 0 Å². The van der Waals surface area contributed by atoms with Crippen LogP contribution in [-0.2, 0) is 5.67 Å². The molecule has 74 valence electrons. The smallest absolute Gasteiger partial charge is 0.133 e. The summed E-state index contributed by atoms with van der Waals surface area (Å²) in [6.07, 6.45) is 1.33. The van der Waals surface area contributed by atoms with Crippen LogP contribution in [0.25, 0.3) is 0 Å². The highest BCUT2D eigenvalue weighted by atomic mass is 19.1. The van der Waals surface area contributed by atoms with E-state index < -0.39 is 5.67 Å². The van der Waals surface area contributed by atoms with E-state index in [1.165, 1.54) is 0 Å². The van der Waals surface area contributed by atoms with Gasteiger partial charge in [0.15, 0.2) is 0 Å². The van der Waals surface area contributed by atoms with Crippen molar-refractivity contribution < 1.29 is 4.39 Å². The molecule has 1 atom stereocenters. The maximum absolute atomic E-state index is 14.0. The zero-order valence-corrected chi connectivity index (χ0v) is 8.55. The molecule has 1 rings (SSSR count). The van der Waals surface area contributed by atoms with E-state index in [1.54, 1.807) is 31.2 Å². The molecule has 1 unspecified atom stereocenters. The van der Waals surface area contributed by atoms with Gasteiger partial charge in [0, 0.05) is 0 Å². The molecule has 0 aromatic heterocycles. The first-order valence-corrected chi connectivity index (χ1v) is 4.79. The third-order valence-electron chi connectivity index (χ3n) is 2.34. The maximum Gasteiger partial charge on any atom is 0.133 e. The van der Waals surface area contributed by atoms with Crippen molar-refractivity contribution in [3.63, 3.8) is 0 Å². The van der Waals surface area contributed by atoms with Gasteiger partial charge in [-0.15, -0.1) is 0 Å². The Kier molecular flexibility index (Phi) is 3.24. The second kappa shape index (κ2) is 4.23. The first-order chi connectivity index (χ1) is 6.60. The van der Waals surface area contributed by atoms with Crippen molar-refractivity contribution >= 4 is 0 Å². The summed E-state index contributed by atoms with van der Waals surface area (Å²) in [6, 6.07) is 8.70. The van der Waals surface area contributed by atoms with Gasteiger partial charge in [-0.05, 0) is 31.0 Å². The fourth-order valence-electron chi connectivity index (χ4n) is 1.51. The van der Waals surface area contributed by atoms with Gasteiger partial charge in [0.1, 0.15) is 5.67 Å². The Morgan fingerprint density at radius 2 is 1.93 bits per heavy atom. The largest absolute Gasteiger partial charge is 0.239 e. The average molecular weight is 191 g/mol. The molecule has 0 fully saturated rings. The molecule has 0 radical (unpaired) electrons. The van der Waals surface area contributed by atoms with Crippen LogP contribution in [0.4, 0.5) is 4.39 Å². The number of benzene rings is 1. The van der Waals surface area contributed by atoms with E-state index in [-0.39, 0.29) is 0 Å². The first-order valence-electron chi connectivity index (χ1n) is 4.79. The van der Waals surface area contributed by atoms with E-state index in [0.29, 0.717) is 17.5 Å². The van der Waals surface area contributed by atoms with Crippen LogP contribution in [0.1, 0.15) is 37.8 Å². The monoisotopic (exact) mass is 191 g/mol. The lowest BCUT2D eigenvalue weighted by molar-refractivity contribution is 0.175. The molecule has 0 amide bonds. The average Bonchev–Trinajstić information content (AvgIpc) is 2.18. The van der Waals surface area contributed by atoms with Crippen molar-refractivity contribution in [3.8, 4) is 6.07 Å². The number of nitrogens with zero attached hydrogens (tertiary/aromatic N) is 1. The predicted octanol–water partition coefficient (Wildman–Crippen LogP) is 3.54. The van der Waals surface area contributed by atoms with Crippen LogP contribution in [-0.4, -0.2) is 0 Å². The van der Waals surface area contributed by atoms with Crippen molar-refractivity contribution in [2.24, 2.45) is 0 Å². The minimum Gasteiger partial charge on any atom is -0.239 e. The van der Waals surface area contributed by atoms with Crippen LogP contribution in [0, 0.1) is 11.3 Å². The zero-order chi connectivity index (χ0) is 10.6. The molecule has 0 heterocycles. The summed E-state index contributed by atoms with van der Waals surface area (Å²) < 4.78 is 14.0. The van der Waals surface area contributed by atoms with Crippen LogP contribution in [0.2, 0.25) is 0 Å². The highest BCUT2D eigenvalue weighted by Crippen LogP contribution is 2.30. The number of hydrogen-bond donors (Lipinski definition) is 0. The van der Waals surface area contributed by atoms with E-state index in [9.17, 15) is 4.39 Å². The summed E-state index contributed by atoms with van der Waals surface area (Å²) in [5.74, 6) is 0. The number of nitriles is 1. The van der Waals surface area contributed by atoms with E-state index in [1.807, 2.05) is 13.0 Å². The fraction of sp³-hybridized carbons (Fsp3) is 0.417. The molecule has 0 aliphatic rings. The molecule has 1 aromatic carbocycles. The lowest BCUT2D eigenvalue weighted by Crippen LogP contribution is -2.14. The quantitative estimate of drug-likeness (QED) is 0.716. The Hall–Kier alpha value is -1.36. The Bertz CT molecular complexity index is 332. The van der Waals surface area contributed by atoms with Crippen LogP contribution in [0.5, 0.6) is 0 Å². The van der Waals surface area contributed by atoms with E-state index in [0.717, 1.165) is 6.42 Å². The van der Waals surface area contributed by atoms with Crippen molar-refractivity contribution in [2.75, 3.05) is 0 Å². The van der Waals surface area contributed by atoms with Gasteiger partial charge in [0.2, 0.25) is 0 Å². The molecule has 0 bridgehead atoms. The molecule has 1 nitrogen and oxygen atoms in total. The van der Waals surface area contributed by atoms with Crippen LogP contribution in [0.3, 0.4) is 0 Å². The van der Waals surface area contributed by atoms with E-state index in [2.05, 4.69) is 0 Å². The van der Waals surface area contributed by atoms with E-state index >= 15 is 0 Å². The lowest BCUT2D eigenvalue weighted by Gasteiger charge is -2.19. The number of rotatable bonds is 3. The molecular formula is C12H14FN. The lowest BCUT2D eigenvalue weighted by atomic mass is 9.93. The number of hydrogen-bond acceptors (Lipinski definition) is 1. The van der Waals surface area contributed by atoms with Crippen LogP contribution >= 0.6 is 0 Å². The normalized spacial score (nSPS) is 14.4. The van der Waals surface area contributed by atoms with Gasteiger partial charge in [-0.3, -0.25) is 0 Å². The van der Waals surface area contributed by atoms with Crippen molar-refractivity contribution in [1.82, 2.24) is 0 Å². The third kappa shape index (κ3) is 2.32. The second-order valence-corrected chi connectivity index (χ2v) is 3.64. The predicted molar refractivity (Wildman–Crippen MR) is 54.5 cm³/mol. The molecular weight excluding hydrogens is 177 g/mol. The van der Waals surface area contributed by atoms with Gasteiger partial charge < -0.3 is 0 Å². The van der Waals surface area contributed by atoms with Crippen LogP contribution < -0.4 is 0 Å². The van der Waals surface area contributed by atoms with Gasteiger partial charge in [0.25, 0.3) is 0 Å². The summed E-state index contributed by atoms with van der Waals surface area (Å²) in [5.41, 5.74) is -0.0534. The molecule has 0 aliphatic carbocycles. The molecule has 0 saturated carbocycles. The maximum atomic E-state index is 14.0. The number of halogens is 1. The van der Waals surface area contributed by atoms with Crippen molar-refractivity contribution in [2.45, 2.75) is 32.4 Å². The highest BCUT2D eigenvalue weighted by molar-refractivity contribution is 5.33. The van der Waals surface area contributed by atoms with Crippen molar-refractivity contribution in [3.05, 3.63) is 35.4 Å². The number of alkyl halides is 1. The van der Waals surface area contributed by atoms with E-state index in [4.69, 9.17) is 5.26 Å². The summed E-state index contributed by atoms with van der Waals surface area (Å²) in [4.78, 5) is 0. The topological polar surface area (TPSA) is 23.8 Å². The highest BCUT2D eigenvalue weighted by Gasteiger charge is 2.23. The summed E-state index contributed by atoms with van der Waals surface area (Å²) in [6.45, 7) is 3.54. The molecule has 0 aliphatic heterocycles. The minimum atomic E-state index is -1.28. The fourth-order valence-corrected chi connectivity index (χ4v) is 1.51. The summed E-state index contributed by atoms with van der Waals surface area (Å²) >= 11 is 0. The van der Waals surface area contributed by atoms with Crippen LogP contribution in [0.15, 0.2) is 24.3 Å². The Balaban J connectivity index is 2.92. The molecule has 1 aromatic rings.